The van der Waals surface area contributed by atoms with E-state index in [1.807, 2.05) is 0 Å². The summed E-state index contributed by atoms with van der Waals surface area (Å²) in [5.74, 6) is 0.294. The molecule has 0 N–H and O–H groups in total. The van der Waals surface area contributed by atoms with E-state index in [9.17, 15) is 8.78 Å². The van der Waals surface area contributed by atoms with E-state index in [-0.39, 0.29) is 5.56 Å². The molecule has 1 aromatic carbocycles. The molecule has 3 nitrogen and oxygen atoms in total. The normalized spacial score (nSPS) is 17.4. The zero-order valence-electron chi connectivity index (χ0n) is 12.8. The first-order valence-corrected chi connectivity index (χ1v) is 7.46. The Kier molecular flexibility index (Phi) is 5.94. The molecule has 0 atom stereocenters. The molecule has 21 heavy (non-hydrogen) atoms. The first-order valence-electron chi connectivity index (χ1n) is 7.46. The molecular weight excluding hydrogens is 274 g/mol. The molecule has 1 heterocycles. The van der Waals surface area contributed by atoms with Gasteiger partial charge in [-0.1, -0.05) is 6.07 Å². The molecule has 5 heteroatoms. The Labute approximate surface area is 125 Å². The second kappa shape index (κ2) is 7.71. The number of likely N-dealkylation sites (N-methyl/N-ethyl adjacent to an activating group) is 1. The Morgan fingerprint density at radius 2 is 1.90 bits per heavy atom. The fourth-order valence-corrected chi connectivity index (χ4v) is 2.67. The molecule has 0 bridgehead atoms. The number of hydrogen-bond acceptors (Lipinski definition) is 3. The Balaban J connectivity index is 1.83. The van der Waals surface area contributed by atoms with Gasteiger partial charge in [0.15, 0.2) is 0 Å². The highest BCUT2D eigenvalue weighted by molar-refractivity contribution is 5.38. The van der Waals surface area contributed by atoms with Gasteiger partial charge in [0, 0.05) is 26.2 Å². The van der Waals surface area contributed by atoms with Crippen molar-refractivity contribution in [1.29, 1.82) is 0 Å². The molecule has 0 aliphatic carbocycles. The third kappa shape index (κ3) is 4.64. The molecule has 0 radical (unpaired) electrons. The number of halogens is 2. The van der Waals surface area contributed by atoms with Gasteiger partial charge < -0.3 is 14.5 Å². The van der Waals surface area contributed by atoms with Crippen LogP contribution in [0, 0.1) is 0 Å². The minimum absolute atomic E-state index is 0.0275. The number of alkyl halides is 2. The van der Waals surface area contributed by atoms with E-state index in [1.54, 1.807) is 12.1 Å². The quantitative estimate of drug-likeness (QED) is 0.803. The number of benzene rings is 1. The number of piperazine rings is 1. The Hall–Kier alpha value is -1.20. The van der Waals surface area contributed by atoms with Crippen LogP contribution in [0.5, 0.6) is 5.75 Å². The first kappa shape index (κ1) is 16.2. The SMILES string of the molecule is COc1cc(CCCN2CCN(C)CC2)ccc1C(F)F. The average Bonchev–Trinajstić information content (AvgIpc) is 2.49. The van der Waals surface area contributed by atoms with Crippen molar-refractivity contribution in [2.24, 2.45) is 0 Å². The number of hydrogen-bond donors (Lipinski definition) is 0. The molecule has 1 aromatic rings. The molecule has 2 rings (SSSR count). The van der Waals surface area contributed by atoms with Gasteiger partial charge in [0.1, 0.15) is 5.75 Å². The largest absolute Gasteiger partial charge is 0.496 e. The van der Waals surface area contributed by atoms with Crippen molar-refractivity contribution in [2.45, 2.75) is 19.3 Å². The summed E-state index contributed by atoms with van der Waals surface area (Å²) in [5.41, 5.74) is 1.03. The van der Waals surface area contributed by atoms with Crippen molar-refractivity contribution >= 4 is 0 Å². The van der Waals surface area contributed by atoms with E-state index in [2.05, 4.69) is 16.8 Å². The molecule has 1 aliphatic heterocycles. The summed E-state index contributed by atoms with van der Waals surface area (Å²) in [6.45, 7) is 5.54. The van der Waals surface area contributed by atoms with Gasteiger partial charge in [-0.15, -0.1) is 0 Å². The van der Waals surface area contributed by atoms with Crippen LogP contribution in [0.2, 0.25) is 0 Å². The summed E-state index contributed by atoms with van der Waals surface area (Å²) in [4.78, 5) is 4.80. The summed E-state index contributed by atoms with van der Waals surface area (Å²) >= 11 is 0. The lowest BCUT2D eigenvalue weighted by molar-refractivity contribution is 0.147. The second-order valence-electron chi connectivity index (χ2n) is 5.63. The van der Waals surface area contributed by atoms with Crippen LogP contribution in [0.3, 0.4) is 0 Å². The zero-order valence-corrected chi connectivity index (χ0v) is 12.8. The second-order valence-corrected chi connectivity index (χ2v) is 5.63. The van der Waals surface area contributed by atoms with Crippen molar-refractivity contribution < 1.29 is 13.5 Å². The van der Waals surface area contributed by atoms with Crippen LogP contribution in [0.4, 0.5) is 8.78 Å². The molecule has 118 valence electrons. The zero-order chi connectivity index (χ0) is 15.2. The maximum atomic E-state index is 12.8. The van der Waals surface area contributed by atoms with Crippen molar-refractivity contribution in [2.75, 3.05) is 46.9 Å². The standard InChI is InChI=1S/C16H24F2N2O/c1-19-8-10-20(11-9-19)7-3-4-13-5-6-14(16(17)18)15(12-13)21-2/h5-6,12,16H,3-4,7-11H2,1-2H3. The van der Waals surface area contributed by atoms with Gasteiger partial charge in [-0.05, 0) is 44.1 Å². The topological polar surface area (TPSA) is 15.7 Å². The molecule has 0 aromatic heterocycles. The Bertz CT molecular complexity index is 446. The number of ether oxygens (including phenoxy) is 1. The van der Waals surface area contributed by atoms with Gasteiger partial charge in [-0.3, -0.25) is 0 Å². The minimum Gasteiger partial charge on any atom is -0.496 e. The maximum Gasteiger partial charge on any atom is 0.267 e. The van der Waals surface area contributed by atoms with Gasteiger partial charge >= 0.3 is 0 Å². The monoisotopic (exact) mass is 298 g/mol. The van der Waals surface area contributed by atoms with Gasteiger partial charge in [0.05, 0.1) is 12.7 Å². The van der Waals surface area contributed by atoms with Crippen molar-refractivity contribution in [3.63, 3.8) is 0 Å². The highest BCUT2D eigenvalue weighted by atomic mass is 19.3. The van der Waals surface area contributed by atoms with E-state index in [0.717, 1.165) is 51.1 Å². The first-order chi connectivity index (χ1) is 10.1. The molecule has 1 fully saturated rings. The third-order valence-corrected chi connectivity index (χ3v) is 4.07. The molecule has 0 saturated carbocycles. The highest BCUT2D eigenvalue weighted by Gasteiger charge is 2.15. The van der Waals surface area contributed by atoms with E-state index in [1.165, 1.54) is 13.2 Å². The lowest BCUT2D eigenvalue weighted by atomic mass is 10.1. The highest BCUT2D eigenvalue weighted by Crippen LogP contribution is 2.29. The van der Waals surface area contributed by atoms with E-state index < -0.39 is 6.43 Å². The summed E-state index contributed by atoms with van der Waals surface area (Å²) in [6.07, 6.45) is -0.549. The predicted octanol–water partition coefficient (Wildman–Crippen LogP) is 2.81. The lowest BCUT2D eigenvalue weighted by Crippen LogP contribution is -2.44. The summed E-state index contributed by atoms with van der Waals surface area (Å²) in [6, 6.07) is 5.01. The van der Waals surface area contributed by atoms with Crippen molar-refractivity contribution in [1.82, 2.24) is 9.80 Å². The van der Waals surface area contributed by atoms with Crippen LogP contribution < -0.4 is 4.74 Å². The van der Waals surface area contributed by atoms with Gasteiger partial charge in [0.2, 0.25) is 0 Å². The summed E-state index contributed by atoms with van der Waals surface area (Å²) in [5, 5.41) is 0. The van der Waals surface area contributed by atoms with Crippen LogP contribution >= 0.6 is 0 Å². The molecule has 0 spiro atoms. The van der Waals surface area contributed by atoms with Crippen molar-refractivity contribution in [3.05, 3.63) is 29.3 Å². The molecule has 0 unspecified atom stereocenters. The Morgan fingerprint density at radius 1 is 1.19 bits per heavy atom. The fraction of sp³-hybridized carbons (Fsp3) is 0.625. The van der Waals surface area contributed by atoms with Gasteiger partial charge in [-0.2, -0.15) is 0 Å². The summed E-state index contributed by atoms with van der Waals surface area (Å²) < 4.78 is 30.6. The van der Waals surface area contributed by atoms with Crippen LogP contribution in [0.25, 0.3) is 0 Å². The van der Waals surface area contributed by atoms with Gasteiger partial charge in [-0.25, -0.2) is 8.78 Å². The lowest BCUT2D eigenvalue weighted by Gasteiger charge is -2.32. The average molecular weight is 298 g/mol. The van der Waals surface area contributed by atoms with Crippen LogP contribution in [-0.2, 0) is 6.42 Å². The molecule has 0 amide bonds. The van der Waals surface area contributed by atoms with Crippen molar-refractivity contribution in [3.8, 4) is 5.75 Å². The van der Waals surface area contributed by atoms with Gasteiger partial charge in [0.25, 0.3) is 6.43 Å². The smallest absolute Gasteiger partial charge is 0.267 e. The Morgan fingerprint density at radius 3 is 2.52 bits per heavy atom. The third-order valence-electron chi connectivity index (χ3n) is 4.07. The van der Waals surface area contributed by atoms with Crippen LogP contribution in [0.1, 0.15) is 24.0 Å². The molecule has 1 aliphatic rings. The van der Waals surface area contributed by atoms with Crippen LogP contribution in [0.15, 0.2) is 18.2 Å². The maximum absolute atomic E-state index is 12.8. The predicted molar refractivity (Wildman–Crippen MR) is 80.2 cm³/mol. The number of rotatable bonds is 6. The van der Waals surface area contributed by atoms with E-state index >= 15 is 0 Å². The van der Waals surface area contributed by atoms with E-state index in [4.69, 9.17) is 4.74 Å². The molecule has 1 saturated heterocycles. The number of aryl methyl sites for hydroxylation is 1. The number of nitrogens with zero attached hydrogens (tertiary/aromatic N) is 2. The minimum atomic E-state index is -2.49. The molecular formula is C16H24F2N2O. The van der Waals surface area contributed by atoms with E-state index in [0.29, 0.717) is 5.75 Å². The van der Waals surface area contributed by atoms with Crippen LogP contribution in [-0.4, -0.2) is 56.7 Å². The summed E-state index contributed by atoms with van der Waals surface area (Å²) in [7, 11) is 3.59. The number of methoxy groups -OCH3 is 1. The fourth-order valence-electron chi connectivity index (χ4n) is 2.67.